The molecule has 38 heavy (non-hydrogen) atoms. The van der Waals surface area contributed by atoms with Gasteiger partial charge in [-0.1, -0.05) is 36.3 Å². The molecule has 206 valence electrons. The van der Waals surface area contributed by atoms with Gasteiger partial charge in [-0.25, -0.2) is 4.79 Å². The number of halogens is 3. The van der Waals surface area contributed by atoms with Gasteiger partial charge in [-0.15, -0.1) is 23.1 Å². The van der Waals surface area contributed by atoms with Crippen molar-refractivity contribution in [2.45, 2.75) is 36.4 Å². The summed E-state index contributed by atoms with van der Waals surface area (Å²) in [5.74, 6) is -6.12. The van der Waals surface area contributed by atoms with Crippen LogP contribution in [0.2, 0.25) is 0 Å². The fraction of sp³-hybridized carbons (Fsp3) is 0.440. The van der Waals surface area contributed by atoms with Gasteiger partial charge in [-0.3, -0.25) is 14.4 Å². The first-order valence-electron chi connectivity index (χ1n) is 13.7. The molecule has 0 radical (unpaired) electrons. The summed E-state index contributed by atoms with van der Waals surface area (Å²) in [5, 5.41) is 1.28. The lowest BCUT2D eigenvalue weighted by atomic mass is 10.0. The number of esters is 2. The Morgan fingerprint density at radius 1 is 1.21 bits per heavy atom. The summed E-state index contributed by atoms with van der Waals surface area (Å²) in [6.07, 6.45) is -6.75. The van der Waals surface area contributed by atoms with E-state index < -0.39 is 96.9 Å². The highest BCUT2D eigenvalue weighted by atomic mass is 32.2. The largest absolute Gasteiger partial charge is 0.471 e. The third kappa shape index (κ3) is 7.28. The van der Waals surface area contributed by atoms with Crippen molar-refractivity contribution >= 4 is 46.9 Å². The first kappa shape index (κ1) is 22.9. The lowest BCUT2D eigenvalue weighted by molar-refractivity contribution is -0.194. The van der Waals surface area contributed by atoms with Crippen molar-refractivity contribution in [2.24, 2.45) is 0 Å². The fourth-order valence-corrected chi connectivity index (χ4v) is 6.19. The number of thiophene rings is 1. The van der Waals surface area contributed by atoms with Gasteiger partial charge in [-0.05, 0) is 29.9 Å². The maximum Gasteiger partial charge on any atom is 0.471 e. The maximum atomic E-state index is 14.0. The Morgan fingerprint density at radius 2 is 1.92 bits per heavy atom. The zero-order valence-corrected chi connectivity index (χ0v) is 21.9. The van der Waals surface area contributed by atoms with Crippen LogP contribution < -0.4 is 0 Å². The maximum absolute atomic E-state index is 14.0. The topological polar surface area (TPSA) is 93.2 Å². The zero-order valence-electron chi connectivity index (χ0n) is 25.3. The minimum Gasteiger partial charge on any atom is -0.468 e. The van der Waals surface area contributed by atoms with E-state index in [1.807, 2.05) is 0 Å². The van der Waals surface area contributed by atoms with Gasteiger partial charge in [-0.2, -0.15) is 13.2 Å². The van der Waals surface area contributed by atoms with Crippen molar-refractivity contribution in [1.29, 1.82) is 0 Å². The summed E-state index contributed by atoms with van der Waals surface area (Å²) >= 11 is 2.39. The summed E-state index contributed by atoms with van der Waals surface area (Å²) in [4.78, 5) is 53.7. The molecule has 1 saturated heterocycles. The van der Waals surface area contributed by atoms with E-state index in [1.165, 1.54) is 11.3 Å². The van der Waals surface area contributed by atoms with Crippen LogP contribution in [0.15, 0.2) is 47.7 Å². The molecule has 1 fully saturated rings. The van der Waals surface area contributed by atoms with Gasteiger partial charge < -0.3 is 19.3 Å². The number of hydrogen-bond donors (Lipinski definition) is 0. The van der Waals surface area contributed by atoms with E-state index in [2.05, 4.69) is 4.74 Å². The summed E-state index contributed by atoms with van der Waals surface area (Å²) < 4.78 is 91.2. The predicted octanol–water partition coefficient (Wildman–Crippen LogP) is 3.47. The molecule has 8 nitrogen and oxygen atoms in total. The number of carbonyl (C=O) groups is 4. The van der Waals surface area contributed by atoms with Gasteiger partial charge >= 0.3 is 24.0 Å². The number of hydrogen-bond acceptors (Lipinski definition) is 8. The van der Waals surface area contributed by atoms with Gasteiger partial charge in [0.2, 0.25) is 5.91 Å². The molecule has 0 unspecified atom stereocenters. The van der Waals surface area contributed by atoms with Gasteiger partial charge in [0, 0.05) is 17.2 Å². The normalized spacial score (nSPS) is 20.7. The Morgan fingerprint density at radius 3 is 2.50 bits per heavy atom. The molecule has 3 atom stereocenters. The first-order chi connectivity index (χ1) is 20.1. The second kappa shape index (κ2) is 13.1. The highest BCUT2D eigenvalue weighted by Gasteiger charge is 2.52. The number of amides is 2. The second-order valence-electron chi connectivity index (χ2n) is 8.04. The third-order valence-electron chi connectivity index (χ3n) is 5.69. The molecule has 0 aliphatic carbocycles. The summed E-state index contributed by atoms with van der Waals surface area (Å²) in [5.41, 5.74) is -0.300. The van der Waals surface area contributed by atoms with E-state index in [-0.39, 0.29) is 22.8 Å². The van der Waals surface area contributed by atoms with Crippen molar-refractivity contribution < 1.29 is 48.7 Å². The van der Waals surface area contributed by atoms with E-state index in [0.717, 1.165) is 35.8 Å². The lowest BCUT2D eigenvalue weighted by Crippen LogP contribution is -2.60. The van der Waals surface area contributed by atoms with Crippen LogP contribution in [0, 0.1) is 0 Å². The average Bonchev–Trinajstić information content (AvgIpc) is 3.46. The second-order valence-corrected chi connectivity index (χ2v) is 10.3. The summed E-state index contributed by atoms with van der Waals surface area (Å²) in [6.45, 7) is -0.734. The zero-order chi connectivity index (χ0) is 32.2. The van der Waals surface area contributed by atoms with Gasteiger partial charge in [0.25, 0.3) is 0 Å². The van der Waals surface area contributed by atoms with Crippen LogP contribution in [-0.4, -0.2) is 84.9 Å². The molecular formula is C25H27F3N2O6S2. The van der Waals surface area contributed by atoms with Crippen LogP contribution >= 0.6 is 23.1 Å². The molecule has 0 bridgehead atoms. The van der Waals surface area contributed by atoms with Crippen LogP contribution in [0.4, 0.5) is 13.2 Å². The van der Waals surface area contributed by atoms with Gasteiger partial charge in [0.1, 0.15) is 18.6 Å². The number of carbonyl (C=O) groups excluding carboxylic acids is 4. The standard InChI is InChI=1S/C25H27F3N2O6S2/c1-35-21(31)14-29-13-20(19-9-6-12-37-19)38-15-18(22(29)32)30(24(34)25(26,27)28)17(23(33)36-2)11-10-16-7-4-3-5-8-16/h3-9,12,17-18,20H,10-11,13-15H2,1-2H3/t17-,18-,20-/m0/s1/i3D,4D,5D,7D,8D. The highest BCUT2D eigenvalue weighted by Crippen LogP contribution is 2.38. The fourth-order valence-electron chi connectivity index (χ4n) is 3.88. The van der Waals surface area contributed by atoms with E-state index in [1.54, 1.807) is 17.5 Å². The monoisotopic (exact) mass is 577 g/mol. The summed E-state index contributed by atoms with van der Waals surface area (Å²) in [6, 6.07) is -3.79. The number of alkyl halides is 3. The molecule has 2 amide bonds. The van der Waals surface area contributed by atoms with E-state index in [9.17, 15) is 32.3 Å². The van der Waals surface area contributed by atoms with Crippen molar-refractivity contribution in [3.63, 3.8) is 0 Å². The minimum absolute atomic E-state index is 0.0809. The van der Waals surface area contributed by atoms with E-state index in [0.29, 0.717) is 0 Å². The molecular weight excluding hydrogens is 545 g/mol. The predicted molar refractivity (Wildman–Crippen MR) is 135 cm³/mol. The highest BCUT2D eigenvalue weighted by molar-refractivity contribution is 7.99. The van der Waals surface area contributed by atoms with Crippen molar-refractivity contribution in [1.82, 2.24) is 9.80 Å². The van der Waals surface area contributed by atoms with E-state index in [4.69, 9.17) is 11.6 Å². The van der Waals surface area contributed by atoms with Crippen LogP contribution in [0.25, 0.3) is 0 Å². The Bertz CT molecular complexity index is 1350. The molecule has 0 N–H and O–H groups in total. The van der Waals surface area contributed by atoms with Crippen LogP contribution in [-0.2, 0) is 35.1 Å². The molecule has 13 heteroatoms. The Labute approximate surface area is 233 Å². The average molecular weight is 578 g/mol. The van der Waals surface area contributed by atoms with Crippen LogP contribution in [0.5, 0.6) is 0 Å². The Hall–Kier alpha value is -3.06. The molecule has 1 aliphatic heterocycles. The molecule has 0 spiro atoms. The number of rotatable bonds is 9. The molecule has 1 aliphatic rings. The number of methoxy groups -OCH3 is 2. The van der Waals surface area contributed by atoms with Crippen LogP contribution in [0.3, 0.4) is 0 Å². The van der Waals surface area contributed by atoms with Crippen molar-refractivity contribution in [2.75, 3.05) is 33.1 Å². The number of nitrogens with zero attached hydrogens (tertiary/aromatic N) is 2. The molecule has 2 heterocycles. The minimum atomic E-state index is -5.54. The van der Waals surface area contributed by atoms with E-state index >= 15 is 0 Å². The Kier molecular flexibility index (Phi) is 7.91. The van der Waals surface area contributed by atoms with Crippen molar-refractivity contribution in [3.05, 3.63) is 58.2 Å². The quantitative estimate of drug-likeness (QED) is 0.422. The number of thioether (sulfide) groups is 1. The SMILES string of the molecule is [2H]c1c([2H])c([2H])c(CC[C@@H](C(=O)OC)N(C(=O)C(F)(F)F)[C@H]2CS[C@H](c3cccs3)CN(CC(=O)OC)C2=O)c([2H])c1[2H]. The first-order valence-corrected chi connectivity index (χ1v) is 13.1. The van der Waals surface area contributed by atoms with Crippen molar-refractivity contribution in [3.8, 4) is 0 Å². The molecule has 1 aromatic carbocycles. The third-order valence-corrected chi connectivity index (χ3v) is 8.14. The molecule has 2 aromatic rings. The Balaban J connectivity index is 2.10. The summed E-state index contributed by atoms with van der Waals surface area (Å²) in [7, 11) is 1.94. The number of benzene rings is 1. The number of ether oxygens (including phenoxy) is 2. The van der Waals surface area contributed by atoms with Gasteiger partial charge in [0.05, 0.1) is 26.3 Å². The van der Waals surface area contributed by atoms with Crippen LogP contribution in [0.1, 0.15) is 29.0 Å². The lowest BCUT2D eigenvalue weighted by Gasteiger charge is -2.37. The molecule has 0 saturated carbocycles. The van der Waals surface area contributed by atoms with Gasteiger partial charge in [0.15, 0.2) is 0 Å². The molecule has 3 rings (SSSR count). The molecule has 1 aromatic heterocycles. The smallest absolute Gasteiger partial charge is 0.468 e.